The van der Waals surface area contributed by atoms with Gasteiger partial charge in [0, 0.05) is 38.6 Å². The number of pyridine rings is 1. The number of rotatable bonds is 6. The predicted octanol–water partition coefficient (Wildman–Crippen LogP) is 0.163. The zero-order valence-electron chi connectivity index (χ0n) is 11.4. The first kappa shape index (κ1) is 15.4. The molecule has 0 radical (unpaired) electrons. The van der Waals surface area contributed by atoms with Crippen molar-refractivity contribution in [1.29, 1.82) is 0 Å². The van der Waals surface area contributed by atoms with Gasteiger partial charge < -0.3 is 5.11 Å². The molecule has 0 aliphatic carbocycles. The van der Waals surface area contributed by atoms with Crippen LogP contribution in [0.3, 0.4) is 0 Å². The Kier molecular flexibility index (Phi) is 5.47. The van der Waals surface area contributed by atoms with E-state index in [4.69, 9.17) is 5.11 Å². The molecule has 0 saturated carbocycles. The minimum atomic E-state index is -3.44. The van der Waals surface area contributed by atoms with Gasteiger partial charge in [-0.15, -0.1) is 0 Å². The summed E-state index contributed by atoms with van der Waals surface area (Å²) in [5.74, 6) is 0.0560. The molecule has 112 valence electrons. The van der Waals surface area contributed by atoms with Crippen molar-refractivity contribution in [3.05, 3.63) is 30.1 Å². The molecule has 1 aromatic heterocycles. The molecule has 7 heteroatoms. The van der Waals surface area contributed by atoms with Crippen molar-refractivity contribution in [1.82, 2.24) is 14.0 Å². The van der Waals surface area contributed by atoms with Crippen molar-refractivity contribution in [2.75, 3.05) is 26.2 Å². The van der Waals surface area contributed by atoms with Crippen LogP contribution in [0.15, 0.2) is 24.5 Å². The van der Waals surface area contributed by atoms with Gasteiger partial charge in [0.2, 0.25) is 0 Å². The van der Waals surface area contributed by atoms with E-state index in [9.17, 15) is 8.42 Å². The fourth-order valence-electron chi connectivity index (χ4n) is 2.36. The molecule has 0 aromatic carbocycles. The summed E-state index contributed by atoms with van der Waals surface area (Å²) >= 11 is 0. The fraction of sp³-hybridized carbons (Fsp3) is 0.615. The first-order valence-corrected chi connectivity index (χ1v) is 8.30. The normalized spacial score (nSPS) is 20.9. The standard InChI is InChI=1S/C13H21N3O3S/c17-11-13-2-1-9-16(10-13)20(18,19)15-8-5-12-3-6-14-7-4-12/h3-4,6-7,13,15,17H,1-2,5,8-11H2. The molecule has 20 heavy (non-hydrogen) atoms. The molecule has 1 atom stereocenters. The van der Waals surface area contributed by atoms with Crippen molar-refractivity contribution < 1.29 is 13.5 Å². The SMILES string of the molecule is O=S(=O)(NCCc1ccncc1)N1CCCC(CO)C1. The van der Waals surface area contributed by atoms with Gasteiger partial charge in [-0.2, -0.15) is 12.7 Å². The number of nitrogens with one attached hydrogen (secondary N) is 1. The second-order valence-electron chi connectivity index (χ2n) is 5.05. The molecule has 0 spiro atoms. The molecule has 6 nitrogen and oxygen atoms in total. The number of aliphatic hydroxyl groups is 1. The van der Waals surface area contributed by atoms with Crippen LogP contribution in [0.25, 0.3) is 0 Å². The van der Waals surface area contributed by atoms with Gasteiger partial charge in [-0.1, -0.05) is 0 Å². The second kappa shape index (κ2) is 7.12. The van der Waals surface area contributed by atoms with E-state index in [0.29, 0.717) is 26.1 Å². The maximum atomic E-state index is 12.2. The predicted molar refractivity (Wildman–Crippen MR) is 76.2 cm³/mol. The van der Waals surface area contributed by atoms with Gasteiger partial charge in [-0.3, -0.25) is 4.98 Å². The van der Waals surface area contributed by atoms with Gasteiger partial charge in [0.15, 0.2) is 0 Å². The van der Waals surface area contributed by atoms with Gasteiger partial charge >= 0.3 is 0 Å². The molecule has 0 bridgehead atoms. The molecule has 2 heterocycles. The van der Waals surface area contributed by atoms with Gasteiger partial charge in [0.1, 0.15) is 0 Å². The lowest BCUT2D eigenvalue weighted by molar-refractivity contribution is 0.165. The maximum absolute atomic E-state index is 12.2. The van der Waals surface area contributed by atoms with Gasteiger partial charge in [-0.05, 0) is 42.9 Å². The van der Waals surface area contributed by atoms with E-state index in [0.717, 1.165) is 18.4 Å². The van der Waals surface area contributed by atoms with E-state index in [1.54, 1.807) is 12.4 Å². The Morgan fingerprint density at radius 2 is 2.15 bits per heavy atom. The summed E-state index contributed by atoms with van der Waals surface area (Å²) in [7, 11) is -3.44. The Labute approximate surface area is 120 Å². The summed E-state index contributed by atoms with van der Waals surface area (Å²) in [6.07, 6.45) is 5.72. The molecule has 1 aromatic rings. The van der Waals surface area contributed by atoms with Crippen LogP contribution < -0.4 is 4.72 Å². The lowest BCUT2D eigenvalue weighted by Gasteiger charge is -2.30. The maximum Gasteiger partial charge on any atom is 0.279 e. The summed E-state index contributed by atoms with van der Waals surface area (Å²) in [5, 5.41) is 9.15. The summed E-state index contributed by atoms with van der Waals surface area (Å²) < 4.78 is 28.4. The molecule has 0 amide bonds. The summed E-state index contributed by atoms with van der Waals surface area (Å²) in [6.45, 7) is 1.35. The monoisotopic (exact) mass is 299 g/mol. The molecule has 1 saturated heterocycles. The third-order valence-corrected chi connectivity index (χ3v) is 5.11. The molecular formula is C13H21N3O3S. The smallest absolute Gasteiger partial charge is 0.279 e. The summed E-state index contributed by atoms with van der Waals surface area (Å²) in [4.78, 5) is 3.92. The fourth-order valence-corrected chi connectivity index (χ4v) is 3.68. The van der Waals surface area contributed by atoms with Crippen LogP contribution in [-0.2, 0) is 16.6 Å². The lowest BCUT2D eigenvalue weighted by Crippen LogP contribution is -2.47. The quantitative estimate of drug-likeness (QED) is 0.784. The number of piperidine rings is 1. The highest BCUT2D eigenvalue weighted by Crippen LogP contribution is 2.17. The number of aliphatic hydroxyl groups excluding tert-OH is 1. The lowest BCUT2D eigenvalue weighted by atomic mass is 10.0. The highest BCUT2D eigenvalue weighted by molar-refractivity contribution is 7.87. The molecule has 1 aliphatic heterocycles. The van der Waals surface area contributed by atoms with E-state index in [2.05, 4.69) is 9.71 Å². The van der Waals surface area contributed by atoms with Crippen LogP contribution in [-0.4, -0.2) is 49.1 Å². The Morgan fingerprint density at radius 3 is 2.85 bits per heavy atom. The molecule has 1 aliphatic rings. The molecule has 1 unspecified atom stereocenters. The average Bonchev–Trinajstić information content (AvgIpc) is 2.48. The zero-order chi connectivity index (χ0) is 14.4. The zero-order valence-corrected chi connectivity index (χ0v) is 12.2. The summed E-state index contributed by atoms with van der Waals surface area (Å²) in [5.41, 5.74) is 1.05. The number of hydrogen-bond acceptors (Lipinski definition) is 4. The van der Waals surface area contributed by atoms with E-state index < -0.39 is 10.2 Å². The van der Waals surface area contributed by atoms with Crippen LogP contribution in [0, 0.1) is 5.92 Å². The Balaban J connectivity index is 1.84. The second-order valence-corrected chi connectivity index (χ2v) is 6.81. The van der Waals surface area contributed by atoms with Crippen molar-refractivity contribution >= 4 is 10.2 Å². The van der Waals surface area contributed by atoms with Crippen molar-refractivity contribution in [2.24, 2.45) is 5.92 Å². The van der Waals surface area contributed by atoms with Gasteiger partial charge in [0.05, 0.1) is 0 Å². The number of hydrogen-bond donors (Lipinski definition) is 2. The number of nitrogens with zero attached hydrogens (tertiary/aromatic N) is 2. The summed E-state index contributed by atoms with van der Waals surface area (Å²) in [6, 6.07) is 3.74. The third kappa shape index (κ3) is 4.24. The minimum absolute atomic E-state index is 0.0447. The Hall–Kier alpha value is -1.02. The van der Waals surface area contributed by atoms with Crippen molar-refractivity contribution in [3.63, 3.8) is 0 Å². The largest absolute Gasteiger partial charge is 0.396 e. The highest BCUT2D eigenvalue weighted by Gasteiger charge is 2.27. The van der Waals surface area contributed by atoms with Gasteiger partial charge in [-0.25, -0.2) is 4.72 Å². The van der Waals surface area contributed by atoms with Crippen molar-refractivity contribution in [3.8, 4) is 0 Å². The Bertz CT molecular complexity index is 507. The van der Waals surface area contributed by atoms with E-state index in [1.807, 2.05) is 12.1 Å². The minimum Gasteiger partial charge on any atom is -0.396 e. The molecule has 1 fully saturated rings. The van der Waals surface area contributed by atoms with Crippen LogP contribution in [0.4, 0.5) is 0 Å². The molecule has 2 rings (SSSR count). The van der Waals surface area contributed by atoms with Crippen LogP contribution >= 0.6 is 0 Å². The highest BCUT2D eigenvalue weighted by atomic mass is 32.2. The van der Waals surface area contributed by atoms with E-state index >= 15 is 0 Å². The van der Waals surface area contributed by atoms with E-state index in [1.165, 1.54) is 4.31 Å². The Morgan fingerprint density at radius 1 is 1.40 bits per heavy atom. The average molecular weight is 299 g/mol. The molecular weight excluding hydrogens is 278 g/mol. The molecule has 2 N–H and O–H groups in total. The van der Waals surface area contributed by atoms with Crippen LogP contribution in [0.2, 0.25) is 0 Å². The van der Waals surface area contributed by atoms with Crippen LogP contribution in [0.5, 0.6) is 0 Å². The first-order chi connectivity index (χ1) is 9.62. The van der Waals surface area contributed by atoms with Crippen molar-refractivity contribution in [2.45, 2.75) is 19.3 Å². The van der Waals surface area contributed by atoms with Gasteiger partial charge in [0.25, 0.3) is 10.2 Å². The topological polar surface area (TPSA) is 82.5 Å². The first-order valence-electron chi connectivity index (χ1n) is 6.86. The van der Waals surface area contributed by atoms with E-state index in [-0.39, 0.29) is 12.5 Å². The van der Waals surface area contributed by atoms with Crippen LogP contribution in [0.1, 0.15) is 18.4 Å². The third-order valence-electron chi connectivity index (χ3n) is 3.53. The number of aromatic nitrogens is 1.